The van der Waals surface area contributed by atoms with Gasteiger partial charge < -0.3 is 0 Å². The molecule has 0 saturated heterocycles. The van der Waals surface area contributed by atoms with Gasteiger partial charge in [-0.3, -0.25) is 4.55 Å². The summed E-state index contributed by atoms with van der Waals surface area (Å²) in [6.07, 6.45) is 5.39. The predicted octanol–water partition coefficient (Wildman–Crippen LogP) is 1.74. The maximum Gasteiger partial charge on any atom is 0.290 e. The van der Waals surface area contributed by atoms with Gasteiger partial charge in [0.05, 0.1) is 4.91 Å². The summed E-state index contributed by atoms with van der Waals surface area (Å²) in [6, 6.07) is 0. The molecular formula is C9H12O3S. The summed E-state index contributed by atoms with van der Waals surface area (Å²) in [4.78, 5) is 0.239. The fraction of sp³-hybridized carbons (Fsp3) is 0.556. The zero-order chi connectivity index (χ0) is 9.64. The van der Waals surface area contributed by atoms with Crippen LogP contribution in [0.3, 0.4) is 0 Å². The summed E-state index contributed by atoms with van der Waals surface area (Å²) >= 11 is 0. The van der Waals surface area contributed by atoms with E-state index in [9.17, 15) is 8.42 Å². The van der Waals surface area contributed by atoms with E-state index in [2.05, 4.69) is 0 Å². The number of hydrogen-bond acceptors (Lipinski definition) is 2. The van der Waals surface area contributed by atoms with Gasteiger partial charge in [0.15, 0.2) is 0 Å². The second-order valence-corrected chi connectivity index (χ2v) is 5.07. The van der Waals surface area contributed by atoms with Crippen LogP contribution in [0.2, 0.25) is 0 Å². The first-order valence-corrected chi connectivity index (χ1v) is 5.80. The first-order valence-electron chi connectivity index (χ1n) is 4.36. The summed E-state index contributed by atoms with van der Waals surface area (Å²) in [5.41, 5.74) is 1.30. The van der Waals surface area contributed by atoms with Crippen LogP contribution in [-0.2, 0) is 10.1 Å². The first kappa shape index (κ1) is 8.97. The molecule has 1 saturated carbocycles. The molecule has 0 heterocycles. The Balaban J connectivity index is 2.37. The van der Waals surface area contributed by atoms with Crippen molar-refractivity contribution in [1.82, 2.24) is 0 Å². The lowest BCUT2D eigenvalue weighted by molar-refractivity contribution is 0.483. The fourth-order valence-electron chi connectivity index (χ4n) is 2.33. The van der Waals surface area contributed by atoms with Crippen LogP contribution in [0.25, 0.3) is 0 Å². The van der Waals surface area contributed by atoms with Gasteiger partial charge in [-0.2, -0.15) is 8.42 Å². The Morgan fingerprint density at radius 1 is 1.62 bits per heavy atom. The number of allylic oxidation sites excluding steroid dienone is 4. The third-order valence-electron chi connectivity index (χ3n) is 2.93. The van der Waals surface area contributed by atoms with Crippen LogP contribution in [0.1, 0.15) is 19.8 Å². The average molecular weight is 200 g/mol. The molecule has 2 bridgehead atoms. The molecule has 0 aromatic carbocycles. The van der Waals surface area contributed by atoms with E-state index in [0.29, 0.717) is 0 Å². The van der Waals surface area contributed by atoms with Crippen LogP contribution in [-0.4, -0.2) is 13.0 Å². The Morgan fingerprint density at radius 2 is 2.31 bits per heavy atom. The predicted molar refractivity (Wildman–Crippen MR) is 49.6 cm³/mol. The zero-order valence-electron chi connectivity index (χ0n) is 7.40. The van der Waals surface area contributed by atoms with E-state index < -0.39 is 10.1 Å². The maximum absolute atomic E-state index is 10.9. The van der Waals surface area contributed by atoms with E-state index >= 15 is 0 Å². The van der Waals surface area contributed by atoms with E-state index in [1.165, 1.54) is 5.57 Å². The molecule has 2 aliphatic rings. The van der Waals surface area contributed by atoms with Crippen LogP contribution < -0.4 is 0 Å². The lowest BCUT2D eigenvalue weighted by Crippen LogP contribution is -2.09. The molecule has 2 atom stereocenters. The van der Waals surface area contributed by atoms with Crippen LogP contribution in [0.15, 0.2) is 22.6 Å². The minimum absolute atomic E-state index is 0.0335. The molecule has 0 aromatic rings. The first-order chi connectivity index (χ1) is 6.02. The summed E-state index contributed by atoms with van der Waals surface area (Å²) in [5, 5.41) is 0. The van der Waals surface area contributed by atoms with E-state index in [-0.39, 0.29) is 16.7 Å². The van der Waals surface area contributed by atoms with Crippen molar-refractivity contribution >= 4 is 10.1 Å². The van der Waals surface area contributed by atoms with Gasteiger partial charge in [0, 0.05) is 5.92 Å². The molecule has 13 heavy (non-hydrogen) atoms. The monoisotopic (exact) mass is 200 g/mol. The molecule has 4 heteroatoms. The lowest BCUT2D eigenvalue weighted by atomic mass is 10.0. The molecule has 0 amide bonds. The van der Waals surface area contributed by atoms with Crippen molar-refractivity contribution in [3.05, 3.63) is 22.6 Å². The fourth-order valence-corrected chi connectivity index (χ4v) is 3.27. The van der Waals surface area contributed by atoms with Gasteiger partial charge in [0.1, 0.15) is 0 Å². The van der Waals surface area contributed by atoms with Crippen molar-refractivity contribution in [3.63, 3.8) is 0 Å². The number of rotatable bonds is 1. The van der Waals surface area contributed by atoms with Gasteiger partial charge in [-0.15, -0.1) is 0 Å². The van der Waals surface area contributed by atoms with Gasteiger partial charge in [-0.05, 0) is 25.7 Å². The molecular weight excluding hydrogens is 188 g/mol. The molecule has 3 nitrogen and oxygen atoms in total. The molecule has 2 unspecified atom stereocenters. The Bertz CT molecular complexity index is 389. The molecule has 72 valence electrons. The van der Waals surface area contributed by atoms with Crippen LogP contribution in [0.4, 0.5) is 0 Å². The van der Waals surface area contributed by atoms with E-state index in [1.807, 2.05) is 13.0 Å². The Labute approximate surface area is 77.9 Å². The molecule has 1 fully saturated rings. The minimum atomic E-state index is -3.93. The summed E-state index contributed by atoms with van der Waals surface area (Å²) < 4.78 is 30.7. The smallest absolute Gasteiger partial charge is 0.282 e. The Hall–Kier alpha value is -0.610. The molecule has 0 aliphatic heterocycles. The number of hydrogen-bond donors (Lipinski definition) is 1. The van der Waals surface area contributed by atoms with Crippen LogP contribution in [0, 0.1) is 11.8 Å². The maximum atomic E-state index is 10.9. The lowest BCUT2D eigenvalue weighted by Gasteiger charge is -2.12. The normalized spacial score (nSPS) is 35.5. The number of fused-ring (bicyclic) bond motifs is 2. The Morgan fingerprint density at radius 3 is 2.69 bits per heavy atom. The van der Waals surface area contributed by atoms with Crippen molar-refractivity contribution in [1.29, 1.82) is 0 Å². The summed E-state index contributed by atoms with van der Waals surface area (Å²) in [7, 11) is -3.93. The van der Waals surface area contributed by atoms with Gasteiger partial charge in [0.25, 0.3) is 10.1 Å². The topological polar surface area (TPSA) is 54.4 Å². The standard InChI is InChI=1S/C9H12O3S/c1-2-6-3-8-4-7(6)5-9(8)13(10,11)12/h2,5,7-8H,3-4H2,1H3,(H,10,11,12). The quantitative estimate of drug-likeness (QED) is 0.518. The average Bonchev–Trinajstić information content (AvgIpc) is 2.59. The van der Waals surface area contributed by atoms with Gasteiger partial charge >= 0.3 is 0 Å². The van der Waals surface area contributed by atoms with Crippen molar-refractivity contribution in [2.24, 2.45) is 11.8 Å². The molecule has 0 spiro atoms. The summed E-state index contributed by atoms with van der Waals surface area (Å²) in [6.45, 7) is 1.97. The molecule has 0 aromatic heterocycles. The second-order valence-electron chi connectivity index (χ2n) is 3.65. The highest BCUT2D eigenvalue weighted by Gasteiger charge is 2.40. The molecule has 2 rings (SSSR count). The van der Waals surface area contributed by atoms with Crippen molar-refractivity contribution in [2.45, 2.75) is 19.8 Å². The molecule has 1 N–H and O–H groups in total. The van der Waals surface area contributed by atoms with Gasteiger partial charge in [-0.1, -0.05) is 17.7 Å². The van der Waals surface area contributed by atoms with Crippen LogP contribution in [0.5, 0.6) is 0 Å². The largest absolute Gasteiger partial charge is 0.290 e. The third kappa shape index (κ3) is 1.34. The highest BCUT2D eigenvalue weighted by Crippen LogP contribution is 2.48. The van der Waals surface area contributed by atoms with Gasteiger partial charge in [-0.25, -0.2) is 0 Å². The highest BCUT2D eigenvalue weighted by atomic mass is 32.2. The van der Waals surface area contributed by atoms with E-state index in [4.69, 9.17) is 4.55 Å². The third-order valence-corrected chi connectivity index (χ3v) is 4.00. The molecule has 2 aliphatic carbocycles. The SMILES string of the molecule is CC=C1CC2CC1C=C2S(=O)(=O)O. The highest BCUT2D eigenvalue weighted by molar-refractivity contribution is 7.89. The minimum Gasteiger partial charge on any atom is -0.282 e. The zero-order valence-corrected chi connectivity index (χ0v) is 8.21. The van der Waals surface area contributed by atoms with Crippen molar-refractivity contribution in [3.8, 4) is 0 Å². The Kier molecular flexibility index (Phi) is 1.85. The molecule has 0 radical (unpaired) electrons. The summed E-state index contributed by atoms with van der Waals surface area (Å²) in [5.74, 6) is 0.290. The van der Waals surface area contributed by atoms with E-state index in [1.54, 1.807) is 6.08 Å². The van der Waals surface area contributed by atoms with Crippen LogP contribution >= 0.6 is 0 Å². The van der Waals surface area contributed by atoms with Crippen molar-refractivity contribution in [2.75, 3.05) is 0 Å². The second kappa shape index (κ2) is 2.69. The van der Waals surface area contributed by atoms with Crippen molar-refractivity contribution < 1.29 is 13.0 Å². The van der Waals surface area contributed by atoms with Gasteiger partial charge in [0.2, 0.25) is 0 Å². The van der Waals surface area contributed by atoms with E-state index in [0.717, 1.165) is 12.8 Å².